The summed E-state index contributed by atoms with van der Waals surface area (Å²) in [5.74, 6) is -3.25. The molecule has 0 aromatic heterocycles. The van der Waals surface area contributed by atoms with Crippen LogP contribution in [0.15, 0.2) is 72.0 Å². The van der Waals surface area contributed by atoms with E-state index in [2.05, 4.69) is 5.32 Å². The van der Waals surface area contributed by atoms with E-state index in [0.29, 0.717) is 25.2 Å². The average Bonchev–Trinajstić information content (AvgIpc) is 2.95. The first kappa shape index (κ1) is 32.0. The molecule has 3 rings (SSSR count). The number of carbonyl (C=O) groups is 2. The van der Waals surface area contributed by atoms with Crippen molar-refractivity contribution in [1.82, 2.24) is 10.2 Å². The van der Waals surface area contributed by atoms with E-state index in [-0.39, 0.29) is 36.6 Å². The van der Waals surface area contributed by atoms with Crippen LogP contribution in [0.1, 0.15) is 44.2 Å². The maximum absolute atomic E-state index is 14.2. The van der Waals surface area contributed by atoms with Crippen LogP contribution in [0, 0.1) is 23.0 Å². The number of amides is 2. The topological polar surface area (TPSA) is 105 Å². The number of aliphatic hydroxyl groups is 1. The molecular weight excluding hydrogens is 528 g/mol. The lowest BCUT2D eigenvalue weighted by atomic mass is 9.64. The van der Waals surface area contributed by atoms with Crippen LogP contribution >= 0.6 is 0 Å². The van der Waals surface area contributed by atoms with Crippen molar-refractivity contribution in [3.8, 4) is 0 Å². The van der Waals surface area contributed by atoms with Crippen LogP contribution in [0.3, 0.4) is 0 Å². The van der Waals surface area contributed by atoms with E-state index in [4.69, 9.17) is 10.5 Å². The molecule has 41 heavy (non-hydrogen) atoms. The molecule has 0 fully saturated rings. The van der Waals surface area contributed by atoms with Gasteiger partial charge in [0.05, 0.1) is 18.6 Å². The number of hydrogen-bond donors (Lipinski definition) is 3. The molecule has 222 valence electrons. The van der Waals surface area contributed by atoms with Crippen molar-refractivity contribution >= 4 is 11.8 Å². The van der Waals surface area contributed by atoms with Crippen LogP contribution in [-0.4, -0.2) is 54.7 Å². The summed E-state index contributed by atoms with van der Waals surface area (Å²) in [7, 11) is 1.42. The third-order valence-corrected chi connectivity index (χ3v) is 7.47. The zero-order valence-electron chi connectivity index (χ0n) is 24.0. The molecule has 0 heterocycles. The smallest absolute Gasteiger partial charge is 0.249 e. The molecule has 0 aliphatic heterocycles. The van der Waals surface area contributed by atoms with E-state index >= 15 is 0 Å². The molecule has 2 aromatic carbocycles. The summed E-state index contributed by atoms with van der Waals surface area (Å²) in [5, 5.41) is 14.8. The van der Waals surface area contributed by atoms with Gasteiger partial charge in [-0.25, -0.2) is 8.78 Å². The van der Waals surface area contributed by atoms with Gasteiger partial charge >= 0.3 is 0 Å². The fourth-order valence-corrected chi connectivity index (χ4v) is 5.52. The van der Waals surface area contributed by atoms with Gasteiger partial charge in [0.25, 0.3) is 0 Å². The number of ether oxygens (including phenoxy) is 1. The van der Waals surface area contributed by atoms with Crippen molar-refractivity contribution in [3.63, 3.8) is 0 Å². The number of nitrogens with one attached hydrogen (secondary N) is 1. The Labute approximate surface area is 241 Å². The number of methoxy groups -OCH3 is 1. The van der Waals surface area contributed by atoms with Crippen LogP contribution in [-0.2, 0) is 27.3 Å². The Kier molecular flexibility index (Phi) is 11.6. The fourth-order valence-electron chi connectivity index (χ4n) is 5.52. The Morgan fingerprint density at radius 1 is 1.07 bits per heavy atom. The zero-order valence-corrected chi connectivity index (χ0v) is 24.0. The molecule has 2 amide bonds. The molecule has 3 atom stereocenters. The van der Waals surface area contributed by atoms with E-state index in [1.165, 1.54) is 25.3 Å². The first-order chi connectivity index (χ1) is 19.6. The van der Waals surface area contributed by atoms with Crippen molar-refractivity contribution in [2.24, 2.45) is 17.1 Å². The third kappa shape index (κ3) is 8.24. The van der Waals surface area contributed by atoms with Gasteiger partial charge in [0, 0.05) is 43.7 Å². The molecule has 1 aliphatic carbocycles. The van der Waals surface area contributed by atoms with Crippen LogP contribution in [0.5, 0.6) is 0 Å². The molecule has 7 nitrogen and oxygen atoms in total. The number of allylic oxidation sites excluding steroid dienone is 1. The van der Waals surface area contributed by atoms with E-state index in [1.807, 2.05) is 44.2 Å². The van der Waals surface area contributed by atoms with Gasteiger partial charge in [0.15, 0.2) is 0 Å². The quantitative estimate of drug-likeness (QED) is 0.298. The Morgan fingerprint density at radius 3 is 2.27 bits per heavy atom. The normalized spacial score (nSPS) is 18.2. The van der Waals surface area contributed by atoms with Gasteiger partial charge in [0.1, 0.15) is 17.4 Å². The van der Waals surface area contributed by atoms with Gasteiger partial charge in [-0.05, 0) is 61.1 Å². The molecule has 0 saturated carbocycles. The lowest BCUT2D eigenvalue weighted by Gasteiger charge is -2.41. The highest BCUT2D eigenvalue weighted by Gasteiger charge is 2.49. The molecule has 1 unspecified atom stereocenters. The maximum atomic E-state index is 14.2. The van der Waals surface area contributed by atoms with Gasteiger partial charge in [-0.2, -0.15) is 0 Å². The second-order valence-electron chi connectivity index (χ2n) is 10.6. The van der Waals surface area contributed by atoms with E-state index in [9.17, 15) is 23.5 Å². The Balaban J connectivity index is 2.02. The molecule has 9 heteroatoms. The summed E-state index contributed by atoms with van der Waals surface area (Å²) in [4.78, 5) is 28.8. The second kappa shape index (κ2) is 14.9. The monoisotopic (exact) mass is 569 g/mol. The summed E-state index contributed by atoms with van der Waals surface area (Å²) in [6.07, 6.45) is 3.31. The number of carbonyl (C=O) groups excluding carboxylic acids is 2. The maximum Gasteiger partial charge on any atom is 0.249 e. The van der Waals surface area contributed by atoms with Crippen LogP contribution in [0.4, 0.5) is 8.78 Å². The molecule has 0 saturated heterocycles. The van der Waals surface area contributed by atoms with Crippen molar-refractivity contribution in [1.29, 1.82) is 0 Å². The van der Waals surface area contributed by atoms with Crippen LogP contribution in [0.2, 0.25) is 0 Å². The first-order valence-electron chi connectivity index (χ1n) is 14.1. The molecule has 4 N–H and O–H groups in total. The summed E-state index contributed by atoms with van der Waals surface area (Å²) in [6, 6.07) is 12.7. The van der Waals surface area contributed by atoms with Crippen LogP contribution < -0.4 is 11.1 Å². The predicted octanol–water partition coefficient (Wildman–Crippen LogP) is 4.25. The largest absolute Gasteiger partial charge is 0.497 e. The summed E-state index contributed by atoms with van der Waals surface area (Å²) in [6.45, 7) is 5.55. The van der Waals surface area contributed by atoms with E-state index < -0.39 is 35.0 Å². The molecule has 0 bridgehead atoms. The van der Waals surface area contributed by atoms with E-state index in [0.717, 1.165) is 24.5 Å². The van der Waals surface area contributed by atoms with Gasteiger partial charge in [-0.1, -0.05) is 44.2 Å². The molecule has 0 spiro atoms. The van der Waals surface area contributed by atoms with Crippen molar-refractivity contribution in [2.75, 3.05) is 26.7 Å². The standard InChI is InChI=1S/C32H41F2N3O4/c1-4-11-37(12-5-2)30(39)24-16-27(41-3)19-32(18-24,31(35)40)28(15-23-13-25(33)17-26(34)14-23)29(38)21-36-20-22-9-7-6-8-10-22/h6-10,13-14,16-17,19,28-29,36,38H,4-5,11-12,15,18,20-21H2,1-3H3,(H2,35,40)/t28-,29+,32?/m1/s1. The summed E-state index contributed by atoms with van der Waals surface area (Å²) in [5.41, 5.74) is 6.07. The fraction of sp³-hybridized carbons (Fsp3) is 0.438. The molecular formula is C32H41F2N3O4. The minimum absolute atomic E-state index is 0.0628. The number of nitrogens with zero attached hydrogens (tertiary/aromatic N) is 1. The molecule has 2 aromatic rings. The van der Waals surface area contributed by atoms with Crippen molar-refractivity contribution < 1.29 is 28.2 Å². The van der Waals surface area contributed by atoms with Gasteiger partial charge in [-0.3, -0.25) is 9.59 Å². The minimum Gasteiger partial charge on any atom is -0.497 e. The summed E-state index contributed by atoms with van der Waals surface area (Å²) < 4.78 is 33.9. The van der Waals surface area contributed by atoms with Crippen LogP contribution in [0.25, 0.3) is 0 Å². The number of benzene rings is 2. The number of hydrogen-bond acceptors (Lipinski definition) is 5. The molecule has 0 radical (unpaired) electrons. The molecule has 1 aliphatic rings. The highest BCUT2D eigenvalue weighted by molar-refractivity contribution is 5.96. The highest BCUT2D eigenvalue weighted by atomic mass is 19.1. The highest BCUT2D eigenvalue weighted by Crippen LogP contribution is 2.44. The zero-order chi connectivity index (χ0) is 30.0. The number of aliphatic hydroxyl groups excluding tert-OH is 1. The van der Waals surface area contributed by atoms with Gasteiger partial charge in [0.2, 0.25) is 11.8 Å². The van der Waals surface area contributed by atoms with Crippen molar-refractivity contribution in [2.45, 2.75) is 52.2 Å². The number of halogens is 2. The van der Waals surface area contributed by atoms with Crippen molar-refractivity contribution in [3.05, 3.63) is 94.8 Å². The van der Waals surface area contributed by atoms with Gasteiger partial charge < -0.3 is 25.8 Å². The first-order valence-corrected chi connectivity index (χ1v) is 14.1. The van der Waals surface area contributed by atoms with E-state index in [1.54, 1.807) is 11.0 Å². The second-order valence-corrected chi connectivity index (χ2v) is 10.6. The Hall–Kier alpha value is -3.56. The lowest BCUT2D eigenvalue weighted by molar-refractivity contribution is -0.132. The summed E-state index contributed by atoms with van der Waals surface area (Å²) >= 11 is 0. The Bertz CT molecular complexity index is 1220. The van der Waals surface area contributed by atoms with Gasteiger partial charge in [-0.15, -0.1) is 0 Å². The number of nitrogens with two attached hydrogens (primary N) is 1. The SMILES string of the molecule is CCCN(CCC)C(=O)C1=CC(OC)=CC(C(N)=O)([C@H](Cc2cc(F)cc(F)c2)[C@@H](O)CNCc2ccccc2)C1. The number of primary amides is 1. The lowest BCUT2D eigenvalue weighted by Crippen LogP contribution is -2.52. The number of rotatable bonds is 15. The third-order valence-electron chi connectivity index (χ3n) is 7.47. The Morgan fingerprint density at radius 2 is 1.71 bits per heavy atom. The minimum atomic E-state index is -1.58. The predicted molar refractivity (Wildman–Crippen MR) is 154 cm³/mol. The average molecular weight is 570 g/mol.